The highest BCUT2D eigenvalue weighted by Crippen LogP contribution is 2.33. The molecule has 0 saturated heterocycles. The Morgan fingerprint density at radius 3 is 2.36 bits per heavy atom. The van der Waals surface area contributed by atoms with E-state index in [0.717, 1.165) is 39.2 Å². The van der Waals surface area contributed by atoms with E-state index in [1.807, 2.05) is 60.8 Å². The van der Waals surface area contributed by atoms with Crippen LogP contribution in [0.1, 0.15) is 0 Å². The second-order valence-electron chi connectivity index (χ2n) is 6.21. The van der Waals surface area contributed by atoms with Gasteiger partial charge in [-0.05, 0) is 29.8 Å². The largest absolute Gasteiger partial charge is 0.457 e. The summed E-state index contributed by atoms with van der Waals surface area (Å²) in [6.07, 6.45) is 8.63. The molecular formula is C22H15N5O. The Hall–Kier alpha value is -4.06. The van der Waals surface area contributed by atoms with Gasteiger partial charge in [0, 0.05) is 29.5 Å². The number of aromatic nitrogens is 5. The Morgan fingerprint density at radius 2 is 1.57 bits per heavy atom. The third kappa shape index (κ3) is 2.97. The molecule has 6 nitrogen and oxygen atoms in total. The van der Waals surface area contributed by atoms with Crippen molar-refractivity contribution in [3.63, 3.8) is 0 Å². The average Bonchev–Trinajstić information content (AvgIpc) is 3.25. The Kier molecular flexibility index (Phi) is 3.99. The van der Waals surface area contributed by atoms with Crippen LogP contribution in [0, 0.1) is 0 Å². The fourth-order valence-corrected chi connectivity index (χ4v) is 3.11. The summed E-state index contributed by atoms with van der Waals surface area (Å²) in [6.45, 7) is 0. The molecule has 0 aliphatic carbocycles. The van der Waals surface area contributed by atoms with Crippen molar-refractivity contribution in [2.75, 3.05) is 0 Å². The maximum atomic E-state index is 5.87. The van der Waals surface area contributed by atoms with Gasteiger partial charge in [-0.3, -0.25) is 20.1 Å². The number of aromatic amines is 1. The topological polar surface area (TPSA) is 76.6 Å². The van der Waals surface area contributed by atoms with E-state index >= 15 is 0 Å². The first-order chi connectivity index (χ1) is 13.9. The fraction of sp³-hybridized carbons (Fsp3) is 0. The van der Waals surface area contributed by atoms with Crippen LogP contribution in [0.3, 0.4) is 0 Å². The lowest BCUT2D eigenvalue weighted by Gasteiger charge is -2.09. The van der Waals surface area contributed by atoms with E-state index in [2.05, 4.69) is 25.1 Å². The Morgan fingerprint density at radius 1 is 0.750 bits per heavy atom. The summed E-state index contributed by atoms with van der Waals surface area (Å²) in [7, 11) is 0. The molecule has 0 amide bonds. The third-order valence-electron chi connectivity index (χ3n) is 4.44. The maximum Gasteiger partial charge on any atom is 0.127 e. The summed E-state index contributed by atoms with van der Waals surface area (Å²) in [6, 6.07) is 17.6. The maximum absolute atomic E-state index is 5.87. The van der Waals surface area contributed by atoms with Gasteiger partial charge in [0.15, 0.2) is 0 Å². The van der Waals surface area contributed by atoms with Crippen LogP contribution >= 0.6 is 0 Å². The van der Waals surface area contributed by atoms with E-state index in [1.54, 1.807) is 24.8 Å². The zero-order chi connectivity index (χ0) is 18.8. The molecule has 0 saturated carbocycles. The molecule has 3 aromatic heterocycles. The summed E-state index contributed by atoms with van der Waals surface area (Å²) < 4.78 is 5.87. The van der Waals surface area contributed by atoms with Gasteiger partial charge in [-0.25, -0.2) is 0 Å². The molecule has 6 heteroatoms. The second kappa shape index (κ2) is 6.92. The van der Waals surface area contributed by atoms with Crippen LogP contribution < -0.4 is 4.74 Å². The number of fused-ring (bicyclic) bond motifs is 1. The van der Waals surface area contributed by atoms with E-state index in [1.165, 1.54) is 0 Å². The molecule has 28 heavy (non-hydrogen) atoms. The number of nitrogens with one attached hydrogen (secondary N) is 1. The van der Waals surface area contributed by atoms with Gasteiger partial charge in [-0.1, -0.05) is 30.3 Å². The molecule has 5 rings (SSSR count). The molecule has 0 aliphatic heterocycles. The normalized spacial score (nSPS) is 10.9. The number of ether oxygens (including phenoxy) is 1. The van der Waals surface area contributed by atoms with Gasteiger partial charge in [0.2, 0.25) is 0 Å². The predicted molar refractivity (Wildman–Crippen MR) is 107 cm³/mol. The summed E-state index contributed by atoms with van der Waals surface area (Å²) >= 11 is 0. The molecule has 0 atom stereocenters. The van der Waals surface area contributed by atoms with E-state index in [4.69, 9.17) is 4.74 Å². The third-order valence-corrected chi connectivity index (χ3v) is 4.44. The molecule has 3 heterocycles. The highest BCUT2D eigenvalue weighted by molar-refractivity contribution is 6.00. The summed E-state index contributed by atoms with van der Waals surface area (Å²) in [5.41, 5.74) is 4.29. The molecular weight excluding hydrogens is 350 g/mol. The van der Waals surface area contributed by atoms with Crippen molar-refractivity contribution in [1.29, 1.82) is 0 Å². The highest BCUT2D eigenvalue weighted by Gasteiger charge is 2.13. The lowest BCUT2D eigenvalue weighted by Crippen LogP contribution is -1.92. The van der Waals surface area contributed by atoms with Crippen molar-refractivity contribution in [1.82, 2.24) is 25.1 Å². The number of pyridine rings is 1. The first-order valence-corrected chi connectivity index (χ1v) is 8.80. The first kappa shape index (κ1) is 16.1. The van der Waals surface area contributed by atoms with E-state index < -0.39 is 0 Å². The monoisotopic (exact) mass is 365 g/mol. The number of benzene rings is 2. The van der Waals surface area contributed by atoms with E-state index in [-0.39, 0.29) is 0 Å². The standard InChI is InChI=1S/C22H15N5O/c1-2-4-16(5-3-1)28-17-8-6-15(7-9-17)18-12-25-22(20-14-23-10-11-24-20)21-19(18)13-26-27-21/h1-14H,(H,26,27). The molecule has 0 fully saturated rings. The number of para-hydroxylation sites is 1. The lowest BCUT2D eigenvalue weighted by molar-refractivity contribution is 0.483. The van der Waals surface area contributed by atoms with Crippen molar-refractivity contribution >= 4 is 10.9 Å². The van der Waals surface area contributed by atoms with Crippen molar-refractivity contribution in [3.8, 4) is 34.0 Å². The van der Waals surface area contributed by atoms with Gasteiger partial charge in [0.05, 0.1) is 17.9 Å². The molecule has 0 spiro atoms. The minimum Gasteiger partial charge on any atom is -0.457 e. The minimum atomic E-state index is 0.704. The Labute approximate surface area is 160 Å². The summed E-state index contributed by atoms with van der Waals surface area (Å²) in [5, 5.41) is 8.22. The zero-order valence-corrected chi connectivity index (χ0v) is 14.8. The quantitative estimate of drug-likeness (QED) is 0.491. The first-order valence-electron chi connectivity index (χ1n) is 8.80. The average molecular weight is 365 g/mol. The van der Waals surface area contributed by atoms with Gasteiger partial charge in [-0.2, -0.15) is 5.10 Å². The SMILES string of the molecule is c1ccc(Oc2ccc(-c3cnc(-c4cnccn4)c4[nH]ncc34)cc2)cc1. The predicted octanol–water partition coefficient (Wildman–Crippen LogP) is 4.87. The van der Waals surface area contributed by atoms with Crippen LogP contribution in [0.2, 0.25) is 0 Å². The van der Waals surface area contributed by atoms with Crippen LogP contribution in [0.5, 0.6) is 11.5 Å². The van der Waals surface area contributed by atoms with Crippen LogP contribution in [0.15, 0.2) is 85.6 Å². The minimum absolute atomic E-state index is 0.704. The number of H-pyrrole nitrogens is 1. The van der Waals surface area contributed by atoms with Crippen LogP contribution in [-0.2, 0) is 0 Å². The molecule has 0 unspecified atom stereocenters. The van der Waals surface area contributed by atoms with Crippen LogP contribution in [0.4, 0.5) is 0 Å². The molecule has 2 aromatic carbocycles. The molecule has 134 valence electrons. The van der Waals surface area contributed by atoms with Gasteiger partial charge in [0.25, 0.3) is 0 Å². The lowest BCUT2D eigenvalue weighted by atomic mass is 10.0. The smallest absolute Gasteiger partial charge is 0.127 e. The molecule has 0 radical (unpaired) electrons. The van der Waals surface area contributed by atoms with Gasteiger partial charge in [0.1, 0.15) is 22.9 Å². The van der Waals surface area contributed by atoms with Crippen molar-refractivity contribution < 1.29 is 4.74 Å². The van der Waals surface area contributed by atoms with Gasteiger partial charge < -0.3 is 4.74 Å². The molecule has 0 bridgehead atoms. The van der Waals surface area contributed by atoms with Crippen LogP contribution in [-0.4, -0.2) is 25.1 Å². The summed E-state index contributed by atoms with van der Waals surface area (Å²) in [5.74, 6) is 1.59. The molecule has 1 N–H and O–H groups in total. The number of hydrogen-bond acceptors (Lipinski definition) is 5. The van der Waals surface area contributed by atoms with E-state index in [0.29, 0.717) is 5.69 Å². The van der Waals surface area contributed by atoms with E-state index in [9.17, 15) is 0 Å². The van der Waals surface area contributed by atoms with Crippen molar-refractivity contribution in [2.45, 2.75) is 0 Å². The second-order valence-corrected chi connectivity index (χ2v) is 6.21. The molecule has 5 aromatic rings. The van der Waals surface area contributed by atoms with Gasteiger partial charge in [-0.15, -0.1) is 0 Å². The van der Waals surface area contributed by atoms with Crippen molar-refractivity contribution in [2.24, 2.45) is 0 Å². The number of hydrogen-bond donors (Lipinski definition) is 1. The molecule has 0 aliphatic rings. The Balaban J connectivity index is 1.51. The zero-order valence-electron chi connectivity index (χ0n) is 14.8. The summed E-state index contributed by atoms with van der Waals surface area (Å²) in [4.78, 5) is 13.1. The number of rotatable bonds is 4. The highest BCUT2D eigenvalue weighted by atomic mass is 16.5. The van der Waals surface area contributed by atoms with Crippen LogP contribution in [0.25, 0.3) is 33.4 Å². The Bertz CT molecular complexity index is 1220. The van der Waals surface area contributed by atoms with Gasteiger partial charge >= 0.3 is 0 Å². The van der Waals surface area contributed by atoms with Crippen molar-refractivity contribution in [3.05, 3.63) is 85.6 Å². The number of nitrogens with zero attached hydrogens (tertiary/aromatic N) is 4. The fourth-order valence-electron chi connectivity index (χ4n) is 3.11.